The second-order valence-electron chi connectivity index (χ2n) is 8.33. The van der Waals surface area contributed by atoms with Crippen LogP contribution in [0.5, 0.6) is 5.75 Å². The Labute approximate surface area is 185 Å². The van der Waals surface area contributed by atoms with Gasteiger partial charge in [0.05, 0.1) is 19.8 Å². The maximum absolute atomic E-state index is 13.9. The highest BCUT2D eigenvalue weighted by atomic mass is 19.1. The van der Waals surface area contributed by atoms with Crippen molar-refractivity contribution in [2.24, 2.45) is 0 Å². The Morgan fingerprint density at radius 1 is 1.21 bits per heavy atom. The van der Waals surface area contributed by atoms with E-state index in [4.69, 9.17) is 9.47 Å². The topological polar surface area (TPSA) is 89.9 Å². The molecular formula is C22H20F3N3O5. The van der Waals surface area contributed by atoms with Crippen molar-refractivity contribution >= 4 is 11.8 Å². The van der Waals surface area contributed by atoms with Gasteiger partial charge in [-0.2, -0.15) is 0 Å². The van der Waals surface area contributed by atoms with E-state index in [0.29, 0.717) is 12.1 Å². The monoisotopic (exact) mass is 463 g/mol. The molecule has 1 saturated carbocycles. The van der Waals surface area contributed by atoms with Crippen LogP contribution in [0.4, 0.5) is 13.2 Å². The van der Waals surface area contributed by atoms with Crippen LogP contribution in [0.25, 0.3) is 0 Å². The summed E-state index contributed by atoms with van der Waals surface area (Å²) in [6.07, 6.45) is 3.17. The molecule has 0 radical (unpaired) electrons. The molecule has 2 bridgehead atoms. The molecule has 5 rings (SSSR count). The Hall–Kier alpha value is -3.34. The number of amides is 2. The van der Waals surface area contributed by atoms with Crippen molar-refractivity contribution < 1.29 is 32.2 Å². The summed E-state index contributed by atoms with van der Waals surface area (Å²) >= 11 is 0. The van der Waals surface area contributed by atoms with E-state index >= 15 is 0 Å². The van der Waals surface area contributed by atoms with E-state index in [1.165, 1.54) is 17.9 Å². The lowest BCUT2D eigenvalue weighted by Gasteiger charge is -2.44. The zero-order chi connectivity index (χ0) is 23.4. The zero-order valence-corrected chi connectivity index (χ0v) is 17.6. The number of methoxy groups -OCH3 is 1. The minimum Gasteiger partial charge on any atom is -0.491 e. The van der Waals surface area contributed by atoms with Crippen LogP contribution in [0, 0.1) is 17.5 Å². The molecule has 2 aromatic rings. The summed E-state index contributed by atoms with van der Waals surface area (Å²) in [5.74, 6) is -5.03. The number of hydrogen-bond acceptors (Lipinski definition) is 5. The van der Waals surface area contributed by atoms with Gasteiger partial charge in [-0.05, 0) is 19.3 Å². The molecule has 2 fully saturated rings. The molecule has 3 atom stereocenters. The zero-order valence-electron chi connectivity index (χ0n) is 17.6. The van der Waals surface area contributed by atoms with Crippen LogP contribution < -0.4 is 15.5 Å². The summed E-state index contributed by atoms with van der Waals surface area (Å²) in [7, 11) is 1.22. The Kier molecular flexibility index (Phi) is 5.15. The van der Waals surface area contributed by atoms with Crippen molar-refractivity contribution in [1.29, 1.82) is 0 Å². The Morgan fingerprint density at radius 3 is 2.64 bits per heavy atom. The van der Waals surface area contributed by atoms with Crippen molar-refractivity contribution in [3.05, 3.63) is 62.8 Å². The molecule has 1 aliphatic carbocycles. The first-order chi connectivity index (χ1) is 15.8. The number of aromatic nitrogens is 1. The van der Waals surface area contributed by atoms with Gasteiger partial charge in [0, 0.05) is 36.5 Å². The number of carbonyl (C=O) groups is 2. The van der Waals surface area contributed by atoms with Crippen LogP contribution >= 0.6 is 0 Å². The van der Waals surface area contributed by atoms with Gasteiger partial charge >= 0.3 is 0 Å². The van der Waals surface area contributed by atoms with Crippen molar-refractivity contribution in [3.63, 3.8) is 0 Å². The maximum Gasteiger partial charge on any atom is 0.276 e. The molecule has 0 spiro atoms. The number of nitrogens with zero attached hydrogens (tertiary/aromatic N) is 2. The number of carbonyl (C=O) groups excluding carboxylic acids is 2. The smallest absolute Gasteiger partial charge is 0.276 e. The summed E-state index contributed by atoms with van der Waals surface area (Å²) in [6, 6.07) is 1.02. The van der Waals surface area contributed by atoms with E-state index in [0.717, 1.165) is 19.3 Å². The number of benzene rings is 1. The van der Waals surface area contributed by atoms with Crippen molar-refractivity contribution in [2.75, 3.05) is 7.11 Å². The molecule has 8 nitrogen and oxygen atoms in total. The average molecular weight is 463 g/mol. The number of hydrogen-bond donors (Lipinski definition) is 1. The number of ether oxygens (including phenoxy) is 2. The van der Waals surface area contributed by atoms with Gasteiger partial charge < -0.3 is 24.3 Å². The third kappa shape index (κ3) is 3.47. The molecule has 2 unspecified atom stereocenters. The van der Waals surface area contributed by atoms with Gasteiger partial charge in [0.25, 0.3) is 11.8 Å². The van der Waals surface area contributed by atoms with Crippen LogP contribution in [0.2, 0.25) is 0 Å². The summed E-state index contributed by atoms with van der Waals surface area (Å²) in [5.41, 5.74) is -1.71. The fraction of sp³-hybridized carbons (Fsp3) is 0.409. The molecule has 2 aliphatic heterocycles. The molecular weight excluding hydrogens is 443 g/mol. The molecule has 3 heterocycles. The predicted octanol–water partition coefficient (Wildman–Crippen LogP) is 1.94. The summed E-state index contributed by atoms with van der Waals surface area (Å²) in [5, 5.41) is 2.27. The molecule has 2 amide bonds. The Balaban J connectivity index is 1.47. The highest BCUT2D eigenvalue weighted by Crippen LogP contribution is 2.38. The third-order valence-electron chi connectivity index (χ3n) is 6.42. The van der Waals surface area contributed by atoms with Crippen molar-refractivity contribution in [1.82, 2.24) is 14.8 Å². The minimum absolute atomic E-state index is 0.0262. The second kappa shape index (κ2) is 7.91. The molecule has 3 aliphatic rings. The molecule has 33 heavy (non-hydrogen) atoms. The average Bonchev–Trinajstić information content (AvgIpc) is 3.13. The summed E-state index contributed by atoms with van der Waals surface area (Å²) in [6.45, 7) is -0.408. The van der Waals surface area contributed by atoms with Gasteiger partial charge in [0.15, 0.2) is 17.7 Å². The van der Waals surface area contributed by atoms with Gasteiger partial charge in [-0.3, -0.25) is 14.4 Å². The summed E-state index contributed by atoms with van der Waals surface area (Å²) in [4.78, 5) is 40.6. The van der Waals surface area contributed by atoms with E-state index in [-0.39, 0.29) is 35.7 Å². The lowest BCUT2D eigenvalue weighted by atomic mass is 10.1. The van der Waals surface area contributed by atoms with E-state index in [2.05, 4.69) is 5.32 Å². The predicted molar refractivity (Wildman–Crippen MR) is 107 cm³/mol. The Morgan fingerprint density at radius 2 is 1.94 bits per heavy atom. The third-order valence-corrected chi connectivity index (χ3v) is 6.42. The number of pyridine rings is 1. The largest absolute Gasteiger partial charge is 0.491 e. The fourth-order valence-corrected chi connectivity index (χ4v) is 4.89. The summed E-state index contributed by atoms with van der Waals surface area (Å²) < 4.78 is 53.5. The van der Waals surface area contributed by atoms with Crippen molar-refractivity contribution in [2.45, 2.75) is 50.7 Å². The SMILES string of the molecule is COc1c2n(cc(C(=O)NCc3c(F)cc(F)cc3F)c1=O)CC1OC3CC[C@H](C3)N1C2=O. The van der Waals surface area contributed by atoms with E-state index < -0.39 is 53.0 Å². The van der Waals surface area contributed by atoms with Crippen LogP contribution in [0.1, 0.15) is 45.7 Å². The van der Waals surface area contributed by atoms with Crippen LogP contribution in [-0.2, 0) is 17.8 Å². The molecule has 1 saturated heterocycles. The van der Waals surface area contributed by atoms with Gasteiger partial charge in [0.1, 0.15) is 23.0 Å². The van der Waals surface area contributed by atoms with E-state index in [9.17, 15) is 27.6 Å². The quantitative estimate of drug-likeness (QED) is 0.749. The lowest BCUT2D eigenvalue weighted by molar-refractivity contribution is -0.132. The number of fused-ring (bicyclic) bond motifs is 5. The first kappa shape index (κ1) is 21.5. The van der Waals surface area contributed by atoms with Gasteiger partial charge in [0.2, 0.25) is 5.43 Å². The van der Waals surface area contributed by atoms with Crippen LogP contribution in [0.15, 0.2) is 23.1 Å². The molecule has 11 heteroatoms. The number of rotatable bonds is 4. The van der Waals surface area contributed by atoms with Gasteiger partial charge in [-0.1, -0.05) is 0 Å². The van der Waals surface area contributed by atoms with E-state index in [1.54, 1.807) is 4.90 Å². The first-order valence-electron chi connectivity index (χ1n) is 10.5. The fourth-order valence-electron chi connectivity index (χ4n) is 4.89. The van der Waals surface area contributed by atoms with E-state index in [1.807, 2.05) is 0 Å². The molecule has 1 aromatic carbocycles. The standard InChI is InChI=1S/C22H20F3N3O5/c1-32-20-18-22(31)28-11-2-3-12(6-11)33-17(28)9-27(18)8-14(19(20)29)21(30)26-7-13-15(24)4-10(23)5-16(13)25/h4-5,8,11-12,17H,2-3,6-7,9H2,1H3,(H,26,30)/t11-,12?,17?/m1/s1. The molecule has 1 aromatic heterocycles. The molecule has 174 valence electrons. The number of nitrogens with one attached hydrogen (secondary N) is 1. The lowest BCUT2D eigenvalue weighted by Crippen LogP contribution is -2.57. The maximum atomic E-state index is 13.9. The van der Waals surface area contributed by atoms with Crippen molar-refractivity contribution in [3.8, 4) is 5.75 Å². The van der Waals surface area contributed by atoms with Gasteiger partial charge in [-0.15, -0.1) is 0 Å². The highest BCUT2D eigenvalue weighted by molar-refractivity contribution is 5.99. The van der Waals surface area contributed by atoms with Crippen LogP contribution in [-0.4, -0.2) is 46.8 Å². The first-order valence-corrected chi connectivity index (χ1v) is 10.5. The normalized spacial score (nSPS) is 23.2. The highest BCUT2D eigenvalue weighted by Gasteiger charge is 2.47. The second-order valence-corrected chi connectivity index (χ2v) is 8.33. The molecule has 1 N–H and O–H groups in total. The minimum atomic E-state index is -1.16. The van der Waals surface area contributed by atoms with Crippen LogP contribution in [0.3, 0.4) is 0 Å². The van der Waals surface area contributed by atoms with Gasteiger partial charge in [-0.25, -0.2) is 13.2 Å². The Bertz CT molecular complexity index is 1210. The number of halogens is 3.